The molecule has 2 aliphatic rings. The zero-order valence-electron chi connectivity index (χ0n) is 9.30. The van der Waals surface area contributed by atoms with Gasteiger partial charge < -0.3 is 5.32 Å². The molecule has 0 radical (unpaired) electrons. The summed E-state index contributed by atoms with van der Waals surface area (Å²) in [6.45, 7) is 3.01. The average Bonchev–Trinajstić information content (AvgIpc) is 2.31. The van der Waals surface area contributed by atoms with Gasteiger partial charge in [0.1, 0.15) is 0 Å². The van der Waals surface area contributed by atoms with Crippen LogP contribution in [-0.2, 0) is 4.79 Å². The van der Waals surface area contributed by atoms with Crippen molar-refractivity contribution in [2.75, 3.05) is 19.6 Å². The summed E-state index contributed by atoms with van der Waals surface area (Å²) in [6, 6.07) is 0.0423. The minimum Gasteiger partial charge on any atom is -0.306 e. The fraction of sp³-hybridized carbons (Fsp3) is 0.909. The fourth-order valence-corrected chi connectivity index (χ4v) is 2.32. The third-order valence-corrected chi connectivity index (χ3v) is 3.25. The van der Waals surface area contributed by atoms with Gasteiger partial charge in [0, 0.05) is 13.1 Å². The molecule has 2 fully saturated rings. The second-order valence-corrected chi connectivity index (χ2v) is 4.53. The van der Waals surface area contributed by atoms with Gasteiger partial charge in [0.2, 0.25) is 0 Å². The van der Waals surface area contributed by atoms with Crippen molar-refractivity contribution in [3.8, 4) is 0 Å². The smallest absolute Gasteiger partial charge is 0.251 e. The zero-order chi connectivity index (χ0) is 10.5. The molecule has 0 aromatic carbocycles. The molecule has 86 valence electrons. The number of nitrogens with zero attached hydrogens (tertiary/aromatic N) is 1. The molecule has 2 heterocycles. The van der Waals surface area contributed by atoms with Crippen molar-refractivity contribution < 1.29 is 4.79 Å². The van der Waals surface area contributed by atoms with Crippen molar-refractivity contribution in [3.05, 3.63) is 0 Å². The molecular weight excluding hydrogens is 190 g/mol. The molecule has 4 heteroatoms. The second-order valence-electron chi connectivity index (χ2n) is 4.53. The summed E-state index contributed by atoms with van der Waals surface area (Å²) in [5, 5.41) is 5.34. The Hall–Kier alpha value is -0.610. The highest BCUT2D eigenvalue weighted by Crippen LogP contribution is 2.09. The lowest BCUT2D eigenvalue weighted by Crippen LogP contribution is -2.53. The molecule has 1 atom stereocenters. The van der Waals surface area contributed by atoms with Crippen molar-refractivity contribution in [2.45, 2.75) is 44.6 Å². The van der Waals surface area contributed by atoms with Crippen molar-refractivity contribution >= 4 is 5.91 Å². The molecule has 2 saturated heterocycles. The highest BCUT2D eigenvalue weighted by atomic mass is 16.2. The maximum absolute atomic E-state index is 11.9. The first-order valence-electron chi connectivity index (χ1n) is 6.15. The van der Waals surface area contributed by atoms with Gasteiger partial charge >= 0.3 is 0 Å². The Labute approximate surface area is 91.4 Å². The van der Waals surface area contributed by atoms with Crippen molar-refractivity contribution in [3.63, 3.8) is 0 Å². The molecule has 2 aliphatic heterocycles. The van der Waals surface area contributed by atoms with E-state index in [2.05, 4.69) is 15.8 Å². The molecule has 1 amide bonds. The van der Waals surface area contributed by atoms with Gasteiger partial charge in [-0.05, 0) is 32.2 Å². The third-order valence-electron chi connectivity index (χ3n) is 3.25. The van der Waals surface area contributed by atoms with Gasteiger partial charge in [0.15, 0.2) is 0 Å². The normalized spacial score (nSPS) is 28.7. The number of hydrogen-bond donors (Lipinski definition) is 2. The highest BCUT2D eigenvalue weighted by molar-refractivity contribution is 5.81. The van der Waals surface area contributed by atoms with Gasteiger partial charge in [0.05, 0.1) is 6.04 Å². The first-order chi connectivity index (χ1) is 7.36. The molecule has 2 rings (SSSR count). The van der Waals surface area contributed by atoms with Crippen LogP contribution in [0.1, 0.15) is 38.5 Å². The topological polar surface area (TPSA) is 44.4 Å². The lowest BCUT2D eigenvalue weighted by atomic mass is 10.0. The van der Waals surface area contributed by atoms with Gasteiger partial charge in [-0.2, -0.15) is 0 Å². The summed E-state index contributed by atoms with van der Waals surface area (Å²) in [7, 11) is 0. The lowest BCUT2D eigenvalue weighted by molar-refractivity contribution is -0.129. The van der Waals surface area contributed by atoms with Gasteiger partial charge in [-0.25, -0.2) is 5.01 Å². The Balaban J connectivity index is 1.74. The molecule has 0 aromatic rings. The van der Waals surface area contributed by atoms with Crippen LogP contribution in [0.15, 0.2) is 0 Å². The maximum Gasteiger partial charge on any atom is 0.251 e. The van der Waals surface area contributed by atoms with Gasteiger partial charge in [-0.15, -0.1) is 0 Å². The Morgan fingerprint density at radius 2 is 1.93 bits per heavy atom. The Morgan fingerprint density at radius 3 is 2.60 bits per heavy atom. The largest absolute Gasteiger partial charge is 0.306 e. The molecule has 0 spiro atoms. The summed E-state index contributed by atoms with van der Waals surface area (Å²) >= 11 is 0. The standard InChI is InChI=1S/C11H21N3O/c15-11(10-6-2-3-7-12-10)13-14-8-4-1-5-9-14/h10,12H,1-9H2,(H,13,15). The number of rotatable bonds is 2. The van der Waals surface area contributed by atoms with E-state index < -0.39 is 0 Å². The highest BCUT2D eigenvalue weighted by Gasteiger charge is 2.22. The molecule has 2 N–H and O–H groups in total. The lowest BCUT2D eigenvalue weighted by Gasteiger charge is -2.30. The monoisotopic (exact) mass is 211 g/mol. The molecule has 0 aliphatic carbocycles. The summed E-state index contributed by atoms with van der Waals surface area (Å²) in [6.07, 6.45) is 7.07. The van der Waals surface area contributed by atoms with Crippen LogP contribution in [0.4, 0.5) is 0 Å². The maximum atomic E-state index is 11.9. The number of piperidine rings is 2. The Bertz CT molecular complexity index is 208. The SMILES string of the molecule is O=C(NN1CCCCC1)C1CCCCN1. The van der Waals surface area contributed by atoms with Gasteiger partial charge in [-0.1, -0.05) is 12.8 Å². The van der Waals surface area contributed by atoms with Crippen LogP contribution in [0, 0.1) is 0 Å². The molecule has 15 heavy (non-hydrogen) atoms. The molecule has 0 aromatic heterocycles. The average molecular weight is 211 g/mol. The first-order valence-corrected chi connectivity index (χ1v) is 6.15. The van der Waals surface area contributed by atoms with Crippen molar-refractivity contribution in [2.24, 2.45) is 0 Å². The molecule has 0 bridgehead atoms. The van der Waals surface area contributed by atoms with Crippen LogP contribution in [0.2, 0.25) is 0 Å². The van der Waals surface area contributed by atoms with E-state index in [0.717, 1.165) is 26.1 Å². The van der Waals surface area contributed by atoms with E-state index in [1.807, 2.05) is 0 Å². The fourth-order valence-electron chi connectivity index (χ4n) is 2.32. The molecule has 0 saturated carbocycles. The van der Waals surface area contributed by atoms with Crippen LogP contribution >= 0.6 is 0 Å². The minimum atomic E-state index is 0.0423. The van der Waals surface area contributed by atoms with Crippen LogP contribution in [0.5, 0.6) is 0 Å². The summed E-state index contributed by atoms with van der Waals surface area (Å²) in [4.78, 5) is 11.9. The number of carbonyl (C=O) groups excluding carboxylic acids is 1. The quantitative estimate of drug-likeness (QED) is 0.705. The van der Waals surface area contributed by atoms with E-state index in [9.17, 15) is 4.79 Å². The Morgan fingerprint density at radius 1 is 1.13 bits per heavy atom. The molecule has 1 unspecified atom stereocenters. The van der Waals surface area contributed by atoms with Crippen LogP contribution in [0.25, 0.3) is 0 Å². The predicted octanol–water partition coefficient (Wildman–Crippen LogP) is 0.646. The number of hydrogen-bond acceptors (Lipinski definition) is 3. The second kappa shape index (κ2) is 5.47. The first kappa shape index (κ1) is 10.9. The summed E-state index contributed by atoms with van der Waals surface area (Å²) in [5.41, 5.74) is 3.02. The van der Waals surface area contributed by atoms with Crippen LogP contribution in [0.3, 0.4) is 0 Å². The summed E-state index contributed by atoms with van der Waals surface area (Å²) in [5.74, 6) is 0.164. The van der Waals surface area contributed by atoms with E-state index in [-0.39, 0.29) is 11.9 Å². The summed E-state index contributed by atoms with van der Waals surface area (Å²) < 4.78 is 0. The number of carbonyl (C=O) groups is 1. The van der Waals surface area contributed by atoms with E-state index in [1.165, 1.54) is 32.1 Å². The molecular formula is C11H21N3O. The Kier molecular flexibility index (Phi) is 3.97. The van der Waals surface area contributed by atoms with Gasteiger partial charge in [-0.3, -0.25) is 10.2 Å². The van der Waals surface area contributed by atoms with E-state index in [1.54, 1.807) is 0 Å². The van der Waals surface area contributed by atoms with E-state index >= 15 is 0 Å². The van der Waals surface area contributed by atoms with Crippen molar-refractivity contribution in [1.29, 1.82) is 0 Å². The van der Waals surface area contributed by atoms with E-state index in [0.29, 0.717) is 0 Å². The van der Waals surface area contributed by atoms with Crippen molar-refractivity contribution in [1.82, 2.24) is 15.8 Å². The van der Waals surface area contributed by atoms with Gasteiger partial charge in [0.25, 0.3) is 5.91 Å². The minimum absolute atomic E-state index is 0.0423. The number of nitrogens with one attached hydrogen (secondary N) is 2. The number of amides is 1. The zero-order valence-corrected chi connectivity index (χ0v) is 9.30. The molecule has 4 nitrogen and oxygen atoms in total. The third kappa shape index (κ3) is 3.18. The predicted molar refractivity (Wildman–Crippen MR) is 59.2 cm³/mol. The van der Waals surface area contributed by atoms with Crippen LogP contribution in [-0.4, -0.2) is 36.6 Å². The van der Waals surface area contributed by atoms with E-state index in [4.69, 9.17) is 0 Å². The number of hydrazine groups is 1. The van der Waals surface area contributed by atoms with Crippen LogP contribution < -0.4 is 10.7 Å².